The lowest BCUT2D eigenvalue weighted by Crippen LogP contribution is -2.46. The van der Waals surface area contributed by atoms with Crippen LogP contribution in [0.1, 0.15) is 20.8 Å². The summed E-state index contributed by atoms with van der Waals surface area (Å²) in [6, 6.07) is 3.05. The van der Waals surface area contributed by atoms with Gasteiger partial charge in [-0.15, -0.1) is 24.0 Å². The number of carbonyl (C=O) groups is 1. The van der Waals surface area contributed by atoms with Gasteiger partial charge in [0.1, 0.15) is 4.90 Å². The lowest BCUT2D eigenvalue weighted by Gasteiger charge is -2.25. The minimum absolute atomic E-state index is 0. The zero-order chi connectivity index (χ0) is 20.3. The summed E-state index contributed by atoms with van der Waals surface area (Å²) in [4.78, 5) is 24.1. The molecule has 0 bridgehead atoms. The Kier molecular flexibility index (Phi) is 12.9. The van der Waals surface area contributed by atoms with Crippen molar-refractivity contribution >= 4 is 45.9 Å². The zero-order valence-corrected chi connectivity index (χ0v) is 20.0. The highest BCUT2D eigenvalue weighted by molar-refractivity contribution is 14.0. The molecule has 0 saturated carbocycles. The van der Waals surface area contributed by atoms with E-state index in [0.717, 1.165) is 0 Å². The van der Waals surface area contributed by atoms with Crippen molar-refractivity contribution in [1.82, 2.24) is 24.8 Å². The number of sulfonamides is 1. The van der Waals surface area contributed by atoms with Gasteiger partial charge in [-0.1, -0.05) is 0 Å². The van der Waals surface area contributed by atoms with Crippen LogP contribution in [0.2, 0.25) is 0 Å². The number of aliphatic imine (C=N–C) groups is 1. The molecule has 9 nitrogen and oxygen atoms in total. The third-order valence-electron chi connectivity index (χ3n) is 3.80. The maximum absolute atomic E-state index is 12.2. The molecule has 160 valence electrons. The summed E-state index contributed by atoms with van der Waals surface area (Å²) in [5.41, 5.74) is 0. The van der Waals surface area contributed by atoms with Gasteiger partial charge in [0.05, 0.1) is 13.1 Å². The smallest absolute Gasteiger partial charge is 0.242 e. The van der Waals surface area contributed by atoms with Gasteiger partial charge in [-0.05, 0) is 32.9 Å². The molecule has 1 aromatic rings. The van der Waals surface area contributed by atoms with Crippen LogP contribution in [-0.2, 0) is 14.8 Å². The Morgan fingerprint density at radius 3 is 2.46 bits per heavy atom. The molecular formula is C17H31IN6O3S. The number of carbonyl (C=O) groups excluding carboxylic acids is 1. The van der Waals surface area contributed by atoms with Crippen LogP contribution < -0.4 is 10.0 Å². The number of halogens is 1. The number of rotatable bonds is 10. The molecule has 0 atom stereocenters. The van der Waals surface area contributed by atoms with Crippen molar-refractivity contribution < 1.29 is 13.2 Å². The maximum Gasteiger partial charge on any atom is 0.242 e. The molecule has 0 saturated heterocycles. The monoisotopic (exact) mass is 526 g/mol. The highest BCUT2D eigenvalue weighted by Gasteiger charge is 2.15. The average molecular weight is 526 g/mol. The predicted octanol–water partition coefficient (Wildman–Crippen LogP) is 0.744. The van der Waals surface area contributed by atoms with E-state index in [1.807, 2.05) is 20.8 Å². The molecule has 1 rings (SSSR count). The fraction of sp³-hybridized carbons (Fsp3) is 0.588. The molecule has 0 spiro atoms. The van der Waals surface area contributed by atoms with E-state index in [9.17, 15) is 13.2 Å². The van der Waals surface area contributed by atoms with E-state index in [-0.39, 0.29) is 54.4 Å². The SMILES string of the molecule is CCNC(=NCCNS(=O)(=O)c1cccnc1)N(C)CC(=O)N(CC)CC.I. The maximum atomic E-state index is 12.2. The lowest BCUT2D eigenvalue weighted by atomic mass is 10.4. The van der Waals surface area contributed by atoms with Crippen molar-refractivity contribution in [3.63, 3.8) is 0 Å². The van der Waals surface area contributed by atoms with Crippen LogP contribution in [0.3, 0.4) is 0 Å². The van der Waals surface area contributed by atoms with Crippen molar-refractivity contribution in [2.45, 2.75) is 25.7 Å². The highest BCUT2D eigenvalue weighted by Crippen LogP contribution is 2.04. The molecule has 2 N–H and O–H groups in total. The second-order valence-corrected chi connectivity index (χ2v) is 7.51. The van der Waals surface area contributed by atoms with Crippen LogP contribution in [0.15, 0.2) is 34.4 Å². The molecule has 11 heteroatoms. The van der Waals surface area contributed by atoms with E-state index in [1.165, 1.54) is 18.5 Å². The first-order valence-corrected chi connectivity index (χ1v) is 10.5. The molecule has 1 heterocycles. The van der Waals surface area contributed by atoms with Crippen molar-refractivity contribution in [2.24, 2.45) is 4.99 Å². The number of pyridine rings is 1. The molecule has 0 unspecified atom stereocenters. The fourth-order valence-corrected chi connectivity index (χ4v) is 3.34. The van der Waals surface area contributed by atoms with Crippen LogP contribution >= 0.6 is 24.0 Å². The highest BCUT2D eigenvalue weighted by atomic mass is 127. The number of nitrogens with one attached hydrogen (secondary N) is 2. The molecule has 28 heavy (non-hydrogen) atoms. The van der Waals surface area contributed by atoms with E-state index < -0.39 is 10.0 Å². The van der Waals surface area contributed by atoms with Crippen molar-refractivity contribution in [1.29, 1.82) is 0 Å². The second kappa shape index (κ2) is 13.7. The first kappa shape index (κ1) is 26.5. The lowest BCUT2D eigenvalue weighted by molar-refractivity contribution is -0.131. The standard InChI is InChI=1S/C17H30N6O3S.HI/c1-5-19-17(22(4)14-16(24)23(6-2)7-3)20-11-12-21-27(25,26)15-9-8-10-18-13-15;/h8-10,13,21H,5-7,11-12,14H2,1-4H3,(H,19,20);1H. The van der Waals surface area contributed by atoms with Gasteiger partial charge < -0.3 is 15.1 Å². The van der Waals surface area contributed by atoms with Gasteiger partial charge in [-0.3, -0.25) is 14.8 Å². The molecule has 0 fully saturated rings. The van der Waals surface area contributed by atoms with E-state index in [4.69, 9.17) is 0 Å². The van der Waals surface area contributed by atoms with Crippen LogP contribution in [0, 0.1) is 0 Å². The average Bonchev–Trinajstić information content (AvgIpc) is 2.65. The molecule has 0 aliphatic rings. The summed E-state index contributed by atoms with van der Waals surface area (Å²) in [6.07, 6.45) is 2.81. The fourth-order valence-electron chi connectivity index (χ4n) is 2.35. The number of nitrogens with zero attached hydrogens (tertiary/aromatic N) is 4. The van der Waals surface area contributed by atoms with Crippen LogP contribution in [-0.4, -0.2) is 81.4 Å². The van der Waals surface area contributed by atoms with Crippen LogP contribution in [0.5, 0.6) is 0 Å². The van der Waals surface area contributed by atoms with Crippen LogP contribution in [0.25, 0.3) is 0 Å². The first-order chi connectivity index (χ1) is 12.9. The third kappa shape index (κ3) is 8.69. The van der Waals surface area contributed by atoms with Crippen LogP contribution in [0.4, 0.5) is 0 Å². The summed E-state index contributed by atoms with van der Waals surface area (Å²) in [6.45, 7) is 8.36. The van der Waals surface area contributed by atoms with E-state index >= 15 is 0 Å². The Morgan fingerprint density at radius 1 is 1.25 bits per heavy atom. The summed E-state index contributed by atoms with van der Waals surface area (Å²) >= 11 is 0. The number of aromatic nitrogens is 1. The van der Waals surface area contributed by atoms with E-state index in [1.54, 1.807) is 22.9 Å². The van der Waals surface area contributed by atoms with Crippen molar-refractivity contribution in [3.05, 3.63) is 24.5 Å². The van der Waals surface area contributed by atoms with E-state index in [0.29, 0.717) is 25.6 Å². The number of hydrogen-bond acceptors (Lipinski definition) is 5. The topological polar surface area (TPSA) is 107 Å². The molecule has 0 aliphatic carbocycles. The van der Waals surface area contributed by atoms with Gasteiger partial charge in [-0.25, -0.2) is 13.1 Å². The molecule has 1 amide bonds. The molecule has 0 radical (unpaired) electrons. The summed E-state index contributed by atoms with van der Waals surface area (Å²) in [5.74, 6) is 0.573. The quantitative estimate of drug-likeness (QED) is 0.202. The van der Waals surface area contributed by atoms with Gasteiger partial charge in [0.25, 0.3) is 0 Å². The Hall–Kier alpha value is -1.47. The molecular weight excluding hydrogens is 495 g/mol. The Balaban J connectivity index is 0.00000729. The Labute approximate surface area is 185 Å². The van der Waals surface area contributed by atoms with E-state index in [2.05, 4.69) is 20.0 Å². The van der Waals surface area contributed by atoms with Gasteiger partial charge in [0.15, 0.2) is 5.96 Å². The zero-order valence-electron chi connectivity index (χ0n) is 16.9. The normalized spacial score (nSPS) is 11.5. The second-order valence-electron chi connectivity index (χ2n) is 5.74. The minimum atomic E-state index is -3.60. The Morgan fingerprint density at radius 2 is 1.93 bits per heavy atom. The third-order valence-corrected chi connectivity index (χ3v) is 5.24. The molecule has 0 aromatic carbocycles. The van der Waals surface area contributed by atoms with Gasteiger partial charge in [0, 0.05) is 45.6 Å². The molecule has 1 aromatic heterocycles. The summed E-state index contributed by atoms with van der Waals surface area (Å²) < 4.78 is 26.8. The predicted molar refractivity (Wildman–Crippen MR) is 121 cm³/mol. The van der Waals surface area contributed by atoms with Crippen molar-refractivity contribution in [2.75, 3.05) is 46.3 Å². The van der Waals surface area contributed by atoms with Gasteiger partial charge in [-0.2, -0.15) is 0 Å². The summed E-state index contributed by atoms with van der Waals surface area (Å²) in [5, 5.41) is 3.11. The number of amides is 1. The van der Waals surface area contributed by atoms with Gasteiger partial charge in [0.2, 0.25) is 15.9 Å². The number of guanidine groups is 1. The van der Waals surface area contributed by atoms with Gasteiger partial charge >= 0.3 is 0 Å². The Bertz CT molecular complexity index is 711. The molecule has 0 aliphatic heterocycles. The minimum Gasteiger partial charge on any atom is -0.357 e. The summed E-state index contributed by atoms with van der Waals surface area (Å²) in [7, 11) is -1.82. The number of hydrogen-bond donors (Lipinski definition) is 2. The van der Waals surface area contributed by atoms with Crippen molar-refractivity contribution in [3.8, 4) is 0 Å². The first-order valence-electron chi connectivity index (χ1n) is 9.02. The number of likely N-dealkylation sites (N-methyl/N-ethyl adjacent to an activating group) is 2. The largest absolute Gasteiger partial charge is 0.357 e.